The Morgan fingerprint density at radius 2 is 1.80 bits per heavy atom. The van der Waals surface area contributed by atoms with Gasteiger partial charge in [-0.25, -0.2) is 0 Å². The van der Waals surface area contributed by atoms with Gasteiger partial charge in [-0.05, 0) is 49.6 Å². The molecule has 6 nitrogen and oxygen atoms in total. The third kappa shape index (κ3) is 5.03. The van der Waals surface area contributed by atoms with Gasteiger partial charge in [-0.15, -0.1) is 0 Å². The molecule has 0 atom stereocenters. The topological polar surface area (TPSA) is 95.9 Å². The first-order chi connectivity index (χ1) is 13.8. The zero-order chi connectivity index (χ0) is 22.8. The van der Waals surface area contributed by atoms with Crippen molar-refractivity contribution in [2.45, 2.75) is 39.8 Å². The van der Waals surface area contributed by atoms with E-state index in [1.54, 1.807) is 6.07 Å². The smallest absolute Gasteiger partial charge is 0.417 e. The Bertz CT molecular complexity index is 984. The van der Waals surface area contributed by atoms with Crippen LogP contribution >= 0.6 is 0 Å². The lowest BCUT2D eigenvalue weighted by Gasteiger charge is -2.21. The number of carboxylic acids is 1. The van der Waals surface area contributed by atoms with Gasteiger partial charge >= 0.3 is 12.1 Å². The van der Waals surface area contributed by atoms with E-state index in [4.69, 9.17) is 9.84 Å². The first kappa shape index (κ1) is 23.1. The van der Waals surface area contributed by atoms with Crippen molar-refractivity contribution in [1.82, 2.24) is 5.32 Å². The lowest BCUT2D eigenvalue weighted by molar-refractivity contribution is -0.138. The molecule has 30 heavy (non-hydrogen) atoms. The molecular weight excluding hydrogens is 403 g/mol. The number of rotatable bonds is 6. The third-order valence-corrected chi connectivity index (χ3v) is 4.47. The SMILES string of the molecule is Cc1cc(C(=O)NCC(=O)O)c(C(F)(F)F)c(C)c1Oc1ccc(O)c(C(C)C)c1. The number of carbonyl (C=O) groups excluding carboxylic acids is 1. The van der Waals surface area contributed by atoms with E-state index in [0.29, 0.717) is 5.56 Å². The van der Waals surface area contributed by atoms with E-state index in [9.17, 15) is 27.9 Å². The molecule has 0 heterocycles. The number of phenols is 1. The number of hydrogen-bond acceptors (Lipinski definition) is 4. The number of hydrogen-bond donors (Lipinski definition) is 3. The van der Waals surface area contributed by atoms with Crippen molar-refractivity contribution in [2.24, 2.45) is 0 Å². The highest BCUT2D eigenvalue weighted by Crippen LogP contribution is 2.42. The number of alkyl halides is 3. The standard InChI is InChI=1S/C21H22F3NO5/c1-10(2)14-8-13(5-6-16(14)26)30-19-11(3)7-15(20(29)25-9-17(27)28)18(12(19)4)21(22,23)24/h5-8,10,26H,9H2,1-4H3,(H,25,29)(H,27,28). The summed E-state index contributed by atoms with van der Waals surface area (Å²) in [7, 11) is 0. The van der Waals surface area contributed by atoms with E-state index in [2.05, 4.69) is 0 Å². The molecule has 9 heteroatoms. The second kappa shape index (κ2) is 8.64. The fraction of sp³-hybridized carbons (Fsp3) is 0.333. The molecule has 0 aliphatic carbocycles. The number of ether oxygens (including phenoxy) is 1. The monoisotopic (exact) mass is 425 g/mol. The zero-order valence-corrected chi connectivity index (χ0v) is 16.8. The van der Waals surface area contributed by atoms with Crippen LogP contribution < -0.4 is 10.1 Å². The lowest BCUT2D eigenvalue weighted by atomic mass is 9.96. The highest BCUT2D eigenvalue weighted by molar-refractivity contribution is 5.98. The normalized spacial score (nSPS) is 11.5. The average molecular weight is 425 g/mol. The molecule has 2 aromatic carbocycles. The molecule has 0 bridgehead atoms. The van der Waals surface area contributed by atoms with Gasteiger partial charge in [0, 0.05) is 11.1 Å². The molecule has 0 aromatic heterocycles. The molecule has 1 amide bonds. The first-order valence-corrected chi connectivity index (χ1v) is 9.05. The van der Waals surface area contributed by atoms with Gasteiger partial charge in [0.15, 0.2) is 0 Å². The molecule has 0 aliphatic rings. The van der Waals surface area contributed by atoms with Crippen LogP contribution in [0.1, 0.15) is 52.4 Å². The largest absolute Gasteiger partial charge is 0.508 e. The van der Waals surface area contributed by atoms with Gasteiger partial charge in [-0.2, -0.15) is 13.2 Å². The predicted octanol–water partition coefficient (Wildman–Crippen LogP) is 4.76. The van der Waals surface area contributed by atoms with Crippen LogP contribution in [0.25, 0.3) is 0 Å². The average Bonchev–Trinajstić information content (AvgIpc) is 2.62. The molecule has 0 fully saturated rings. The Hall–Kier alpha value is -3.23. The lowest BCUT2D eigenvalue weighted by Crippen LogP contribution is -2.31. The van der Waals surface area contributed by atoms with Crippen molar-refractivity contribution < 1.29 is 37.7 Å². The van der Waals surface area contributed by atoms with E-state index in [1.807, 2.05) is 19.2 Å². The number of phenolic OH excluding ortho intramolecular Hbond substituents is 1. The minimum absolute atomic E-state index is 0.0400. The minimum Gasteiger partial charge on any atom is -0.508 e. The molecule has 162 valence electrons. The summed E-state index contributed by atoms with van der Waals surface area (Å²) in [5, 5.41) is 20.5. The van der Waals surface area contributed by atoms with Gasteiger partial charge in [0.05, 0.1) is 11.1 Å². The Balaban J connectivity index is 2.56. The van der Waals surface area contributed by atoms with Crippen LogP contribution in [-0.4, -0.2) is 28.6 Å². The molecule has 2 rings (SSSR count). The molecule has 2 aromatic rings. The van der Waals surface area contributed by atoms with Crippen LogP contribution in [0.2, 0.25) is 0 Å². The van der Waals surface area contributed by atoms with Gasteiger partial charge in [0.2, 0.25) is 0 Å². The molecule has 0 radical (unpaired) electrons. The Kier molecular flexibility index (Phi) is 6.64. The van der Waals surface area contributed by atoms with Crippen molar-refractivity contribution in [2.75, 3.05) is 6.54 Å². The van der Waals surface area contributed by atoms with Gasteiger partial charge in [-0.1, -0.05) is 13.8 Å². The number of amides is 1. The first-order valence-electron chi connectivity index (χ1n) is 9.05. The summed E-state index contributed by atoms with van der Waals surface area (Å²) in [6.07, 6.45) is -4.87. The number of aromatic hydroxyl groups is 1. The number of aliphatic carboxylic acids is 1. The molecule has 0 spiro atoms. The van der Waals surface area contributed by atoms with E-state index >= 15 is 0 Å². The molecule has 0 saturated carbocycles. The molecule has 0 aliphatic heterocycles. The number of nitrogens with one attached hydrogen (secondary N) is 1. The van der Waals surface area contributed by atoms with Crippen LogP contribution in [0.4, 0.5) is 13.2 Å². The summed E-state index contributed by atoms with van der Waals surface area (Å²) in [5.74, 6) is -2.35. The van der Waals surface area contributed by atoms with Crippen molar-refractivity contribution in [3.63, 3.8) is 0 Å². The molecule has 3 N–H and O–H groups in total. The summed E-state index contributed by atoms with van der Waals surface area (Å²) in [6, 6.07) is 5.39. The summed E-state index contributed by atoms with van der Waals surface area (Å²) >= 11 is 0. The molecule has 0 saturated heterocycles. The van der Waals surface area contributed by atoms with Gasteiger partial charge in [0.1, 0.15) is 23.8 Å². The van der Waals surface area contributed by atoms with Gasteiger partial charge in [0.25, 0.3) is 5.91 Å². The highest BCUT2D eigenvalue weighted by Gasteiger charge is 2.39. The number of halogens is 3. The maximum absolute atomic E-state index is 13.8. The van der Waals surface area contributed by atoms with Crippen molar-refractivity contribution >= 4 is 11.9 Å². The van der Waals surface area contributed by atoms with Crippen LogP contribution in [0, 0.1) is 13.8 Å². The Morgan fingerprint density at radius 1 is 1.17 bits per heavy atom. The number of benzene rings is 2. The Labute approximate surface area is 171 Å². The van der Waals surface area contributed by atoms with E-state index in [-0.39, 0.29) is 34.3 Å². The summed E-state index contributed by atoms with van der Waals surface area (Å²) in [6.45, 7) is 5.56. The second-order valence-corrected chi connectivity index (χ2v) is 7.12. The third-order valence-electron chi connectivity index (χ3n) is 4.47. The summed E-state index contributed by atoms with van der Waals surface area (Å²) in [5.41, 5.74) is -1.35. The fourth-order valence-electron chi connectivity index (χ4n) is 3.09. The minimum atomic E-state index is -4.87. The molecular formula is C21H22F3NO5. The van der Waals surface area contributed by atoms with Crippen molar-refractivity contribution in [1.29, 1.82) is 0 Å². The predicted molar refractivity (Wildman–Crippen MR) is 103 cm³/mol. The summed E-state index contributed by atoms with van der Waals surface area (Å²) in [4.78, 5) is 22.8. The van der Waals surface area contributed by atoms with Crippen molar-refractivity contribution in [3.05, 3.63) is 52.1 Å². The van der Waals surface area contributed by atoms with E-state index < -0.39 is 35.7 Å². The number of aryl methyl sites for hydroxylation is 1. The Morgan fingerprint density at radius 3 is 2.33 bits per heavy atom. The number of carboxylic acid groups (broad SMARTS) is 1. The van der Waals surface area contributed by atoms with Gasteiger partial charge < -0.3 is 20.3 Å². The van der Waals surface area contributed by atoms with E-state index in [1.165, 1.54) is 26.0 Å². The number of carbonyl (C=O) groups is 2. The maximum atomic E-state index is 13.8. The maximum Gasteiger partial charge on any atom is 0.417 e. The van der Waals surface area contributed by atoms with Gasteiger partial charge in [-0.3, -0.25) is 9.59 Å². The van der Waals surface area contributed by atoms with Crippen LogP contribution in [0.15, 0.2) is 24.3 Å². The van der Waals surface area contributed by atoms with Crippen LogP contribution in [0.3, 0.4) is 0 Å². The van der Waals surface area contributed by atoms with E-state index in [0.717, 1.165) is 6.07 Å². The highest BCUT2D eigenvalue weighted by atomic mass is 19.4. The van der Waals surface area contributed by atoms with Crippen LogP contribution in [-0.2, 0) is 11.0 Å². The quantitative estimate of drug-likeness (QED) is 0.620. The summed E-state index contributed by atoms with van der Waals surface area (Å²) < 4.78 is 47.0. The fourth-order valence-corrected chi connectivity index (χ4v) is 3.09. The van der Waals surface area contributed by atoms with Crippen LogP contribution in [0.5, 0.6) is 17.2 Å². The second-order valence-electron chi connectivity index (χ2n) is 7.12. The molecule has 0 unspecified atom stereocenters. The zero-order valence-electron chi connectivity index (χ0n) is 16.8. The van der Waals surface area contributed by atoms with Crippen molar-refractivity contribution in [3.8, 4) is 17.2 Å².